The molecular formula is C13H26N2O. The van der Waals surface area contributed by atoms with Gasteiger partial charge in [-0.3, -0.25) is 0 Å². The van der Waals surface area contributed by atoms with Gasteiger partial charge in [-0.15, -0.1) is 0 Å². The Kier molecular flexibility index (Phi) is 4.78. The predicted molar refractivity (Wildman–Crippen MR) is 68.1 cm³/mol. The summed E-state index contributed by atoms with van der Waals surface area (Å²) in [6.07, 6.45) is 3.24. The second-order valence-electron chi connectivity index (χ2n) is 6.06. The minimum absolute atomic E-state index is 0.410. The maximum Gasteiger partial charge on any atom is 0.0627 e. The SMILES string of the molecule is CCC1CN(CCC(C)(C)C)CCC1=NO. The maximum atomic E-state index is 8.91. The Morgan fingerprint density at radius 2 is 2.12 bits per heavy atom. The van der Waals surface area contributed by atoms with Crippen LogP contribution in [0.1, 0.15) is 47.0 Å². The van der Waals surface area contributed by atoms with Crippen molar-refractivity contribution < 1.29 is 5.21 Å². The fraction of sp³-hybridized carbons (Fsp3) is 0.923. The molecule has 0 spiro atoms. The predicted octanol–water partition coefficient (Wildman–Crippen LogP) is 2.98. The van der Waals surface area contributed by atoms with Crippen LogP contribution in [0, 0.1) is 11.3 Å². The summed E-state index contributed by atoms with van der Waals surface area (Å²) in [4.78, 5) is 2.51. The van der Waals surface area contributed by atoms with Gasteiger partial charge in [0.2, 0.25) is 0 Å². The number of nitrogens with zero attached hydrogens (tertiary/aromatic N) is 2. The van der Waals surface area contributed by atoms with E-state index in [0.717, 1.165) is 31.6 Å². The lowest BCUT2D eigenvalue weighted by molar-refractivity contribution is 0.198. The molecular weight excluding hydrogens is 200 g/mol. The van der Waals surface area contributed by atoms with E-state index in [1.54, 1.807) is 0 Å². The van der Waals surface area contributed by atoms with E-state index in [1.165, 1.54) is 13.0 Å². The molecule has 3 nitrogen and oxygen atoms in total. The summed E-state index contributed by atoms with van der Waals surface area (Å²) in [5.74, 6) is 0.457. The van der Waals surface area contributed by atoms with E-state index in [9.17, 15) is 0 Å². The highest BCUT2D eigenvalue weighted by Gasteiger charge is 2.25. The van der Waals surface area contributed by atoms with Crippen molar-refractivity contribution in [2.45, 2.75) is 47.0 Å². The third kappa shape index (κ3) is 4.12. The lowest BCUT2D eigenvalue weighted by Gasteiger charge is -2.34. The molecule has 0 aromatic carbocycles. The smallest absolute Gasteiger partial charge is 0.0627 e. The molecule has 0 aliphatic carbocycles. The quantitative estimate of drug-likeness (QED) is 0.593. The van der Waals surface area contributed by atoms with Crippen LogP contribution in [0.4, 0.5) is 0 Å². The summed E-state index contributed by atoms with van der Waals surface area (Å²) in [6.45, 7) is 12.3. The first-order valence-electron chi connectivity index (χ1n) is 6.39. The number of oxime groups is 1. The number of hydrogen-bond donors (Lipinski definition) is 1. The van der Waals surface area contributed by atoms with Crippen LogP contribution in [0.5, 0.6) is 0 Å². The average Bonchev–Trinajstić information content (AvgIpc) is 2.25. The molecule has 0 bridgehead atoms. The van der Waals surface area contributed by atoms with Gasteiger partial charge >= 0.3 is 0 Å². The summed E-state index contributed by atoms with van der Waals surface area (Å²) in [7, 11) is 0. The highest BCUT2D eigenvalue weighted by molar-refractivity contribution is 5.87. The molecule has 0 amide bonds. The first-order valence-corrected chi connectivity index (χ1v) is 6.39. The Morgan fingerprint density at radius 1 is 1.44 bits per heavy atom. The van der Waals surface area contributed by atoms with Crippen molar-refractivity contribution in [3.63, 3.8) is 0 Å². The number of likely N-dealkylation sites (tertiary alicyclic amines) is 1. The molecule has 0 radical (unpaired) electrons. The molecule has 1 N–H and O–H groups in total. The third-order valence-corrected chi connectivity index (χ3v) is 3.43. The van der Waals surface area contributed by atoms with Gasteiger partial charge in [-0.25, -0.2) is 0 Å². The molecule has 0 aromatic heterocycles. The van der Waals surface area contributed by atoms with Crippen LogP contribution < -0.4 is 0 Å². The van der Waals surface area contributed by atoms with E-state index in [1.807, 2.05) is 0 Å². The zero-order chi connectivity index (χ0) is 12.2. The Labute approximate surface area is 99.5 Å². The van der Waals surface area contributed by atoms with Crippen LogP contribution in [-0.4, -0.2) is 35.5 Å². The number of rotatable bonds is 3. The lowest BCUT2D eigenvalue weighted by Crippen LogP contribution is -2.41. The van der Waals surface area contributed by atoms with Crippen LogP contribution in [0.2, 0.25) is 0 Å². The van der Waals surface area contributed by atoms with E-state index in [0.29, 0.717) is 11.3 Å². The summed E-state index contributed by atoms with van der Waals surface area (Å²) in [5.41, 5.74) is 1.40. The Bertz CT molecular complexity index is 243. The molecule has 0 aromatic rings. The number of piperidine rings is 1. The first kappa shape index (κ1) is 13.5. The first-order chi connectivity index (χ1) is 7.46. The fourth-order valence-corrected chi connectivity index (χ4v) is 2.18. The van der Waals surface area contributed by atoms with E-state index >= 15 is 0 Å². The standard InChI is InChI=1S/C13H26N2O/c1-5-11-10-15(8-6-12(11)14-16)9-7-13(2,3)4/h11,16H,5-10H2,1-4H3. The molecule has 1 aliphatic rings. The molecule has 16 heavy (non-hydrogen) atoms. The Balaban J connectivity index is 2.42. The zero-order valence-electron chi connectivity index (χ0n) is 11.2. The van der Waals surface area contributed by atoms with Crippen LogP contribution in [0.3, 0.4) is 0 Å². The van der Waals surface area contributed by atoms with Gasteiger partial charge < -0.3 is 10.1 Å². The minimum atomic E-state index is 0.410. The van der Waals surface area contributed by atoms with Crippen molar-refractivity contribution in [2.24, 2.45) is 16.5 Å². The Hall–Kier alpha value is -0.570. The maximum absolute atomic E-state index is 8.91. The largest absolute Gasteiger partial charge is 0.411 e. The summed E-state index contributed by atoms with van der Waals surface area (Å²) >= 11 is 0. The van der Waals surface area contributed by atoms with Crippen molar-refractivity contribution in [3.05, 3.63) is 0 Å². The van der Waals surface area contributed by atoms with Gasteiger partial charge in [0.15, 0.2) is 0 Å². The monoisotopic (exact) mass is 226 g/mol. The van der Waals surface area contributed by atoms with Crippen molar-refractivity contribution in [1.29, 1.82) is 0 Å². The van der Waals surface area contributed by atoms with Gasteiger partial charge in [-0.1, -0.05) is 32.9 Å². The van der Waals surface area contributed by atoms with E-state index < -0.39 is 0 Å². The zero-order valence-corrected chi connectivity index (χ0v) is 11.2. The summed E-state index contributed by atoms with van der Waals surface area (Å²) in [6, 6.07) is 0. The minimum Gasteiger partial charge on any atom is -0.411 e. The molecule has 1 unspecified atom stereocenters. The van der Waals surface area contributed by atoms with Gasteiger partial charge in [0.25, 0.3) is 0 Å². The molecule has 0 saturated carbocycles. The van der Waals surface area contributed by atoms with Crippen LogP contribution in [0.15, 0.2) is 5.16 Å². The molecule has 1 aliphatic heterocycles. The van der Waals surface area contributed by atoms with Gasteiger partial charge in [-0.2, -0.15) is 0 Å². The lowest BCUT2D eigenvalue weighted by atomic mass is 9.89. The molecule has 1 fully saturated rings. The fourth-order valence-electron chi connectivity index (χ4n) is 2.18. The molecule has 94 valence electrons. The molecule has 1 rings (SSSR count). The number of hydrogen-bond acceptors (Lipinski definition) is 3. The van der Waals surface area contributed by atoms with Crippen molar-refractivity contribution in [2.75, 3.05) is 19.6 Å². The van der Waals surface area contributed by atoms with E-state index in [4.69, 9.17) is 5.21 Å². The second-order valence-corrected chi connectivity index (χ2v) is 6.06. The second kappa shape index (κ2) is 5.67. The van der Waals surface area contributed by atoms with Crippen LogP contribution in [-0.2, 0) is 0 Å². The molecule has 1 atom stereocenters. The van der Waals surface area contributed by atoms with Gasteiger partial charge in [0.05, 0.1) is 5.71 Å². The molecule has 3 heteroatoms. The molecule has 1 heterocycles. The van der Waals surface area contributed by atoms with Crippen molar-refractivity contribution in [3.8, 4) is 0 Å². The Morgan fingerprint density at radius 3 is 2.62 bits per heavy atom. The van der Waals surface area contributed by atoms with E-state index in [2.05, 4.69) is 37.8 Å². The van der Waals surface area contributed by atoms with E-state index in [-0.39, 0.29) is 0 Å². The van der Waals surface area contributed by atoms with Crippen LogP contribution in [0.25, 0.3) is 0 Å². The topological polar surface area (TPSA) is 35.8 Å². The third-order valence-electron chi connectivity index (χ3n) is 3.43. The van der Waals surface area contributed by atoms with Gasteiger partial charge in [0, 0.05) is 25.4 Å². The normalized spacial score (nSPS) is 26.2. The summed E-state index contributed by atoms with van der Waals surface area (Å²) < 4.78 is 0. The van der Waals surface area contributed by atoms with Gasteiger partial charge in [-0.05, 0) is 24.8 Å². The van der Waals surface area contributed by atoms with Crippen molar-refractivity contribution >= 4 is 5.71 Å². The van der Waals surface area contributed by atoms with Crippen molar-refractivity contribution in [1.82, 2.24) is 4.90 Å². The summed E-state index contributed by atoms with van der Waals surface area (Å²) in [5, 5.41) is 12.3. The average molecular weight is 226 g/mol. The highest BCUT2D eigenvalue weighted by Crippen LogP contribution is 2.22. The van der Waals surface area contributed by atoms with Gasteiger partial charge in [0.1, 0.15) is 0 Å². The van der Waals surface area contributed by atoms with Crippen LogP contribution >= 0.6 is 0 Å². The highest BCUT2D eigenvalue weighted by atomic mass is 16.4. The molecule has 1 saturated heterocycles.